The molecule has 3 heterocycles. The van der Waals surface area contributed by atoms with E-state index in [9.17, 15) is 18.0 Å². The second-order valence-corrected chi connectivity index (χ2v) is 8.54. The number of anilines is 1. The minimum absolute atomic E-state index is 0.00873. The van der Waals surface area contributed by atoms with Crippen molar-refractivity contribution in [3.63, 3.8) is 0 Å². The normalized spacial score (nSPS) is 19.0. The smallest absolute Gasteiger partial charge is 0.422 e. The lowest BCUT2D eigenvalue weighted by Gasteiger charge is -2.49. The Morgan fingerprint density at radius 1 is 1.25 bits per heavy atom. The maximum atomic E-state index is 12.2. The molecule has 2 fully saturated rings. The van der Waals surface area contributed by atoms with Crippen LogP contribution in [-0.2, 0) is 4.74 Å². The highest BCUT2D eigenvalue weighted by atomic mass is 19.4. The summed E-state index contributed by atoms with van der Waals surface area (Å²) in [4.78, 5) is 23.9. The van der Waals surface area contributed by atoms with E-state index < -0.39 is 18.4 Å². The number of amides is 1. The van der Waals surface area contributed by atoms with Crippen molar-refractivity contribution in [2.45, 2.75) is 45.9 Å². The summed E-state index contributed by atoms with van der Waals surface area (Å²) in [5.41, 5.74) is 0.808. The largest absolute Gasteiger partial charge is 0.454 e. The third-order valence-corrected chi connectivity index (χ3v) is 4.78. The number of halogens is 3. The summed E-state index contributed by atoms with van der Waals surface area (Å²) in [6.07, 6.45) is -2.35. The first-order valence-electron chi connectivity index (χ1n) is 9.12. The van der Waals surface area contributed by atoms with Crippen molar-refractivity contribution in [1.82, 2.24) is 14.9 Å². The average molecular weight is 402 g/mol. The van der Waals surface area contributed by atoms with Crippen molar-refractivity contribution in [2.24, 2.45) is 5.41 Å². The zero-order valence-corrected chi connectivity index (χ0v) is 16.5. The molecule has 156 valence electrons. The number of carbonyl (C=O) groups is 1. The van der Waals surface area contributed by atoms with Crippen LogP contribution in [0.3, 0.4) is 0 Å². The Morgan fingerprint density at radius 2 is 1.93 bits per heavy atom. The number of alkyl halides is 3. The fourth-order valence-corrected chi connectivity index (χ4v) is 3.58. The lowest BCUT2D eigenvalue weighted by molar-refractivity contribution is -0.154. The zero-order chi connectivity index (χ0) is 20.7. The molecule has 0 unspecified atom stereocenters. The van der Waals surface area contributed by atoms with E-state index >= 15 is 0 Å². The number of carbonyl (C=O) groups excluding carboxylic acids is 1. The van der Waals surface area contributed by atoms with Crippen LogP contribution in [0.15, 0.2) is 6.20 Å². The Kier molecular flexibility index (Phi) is 5.09. The molecule has 0 N–H and O–H groups in total. The van der Waals surface area contributed by atoms with Gasteiger partial charge in [0.25, 0.3) is 0 Å². The molecule has 3 rings (SSSR count). The number of likely N-dealkylation sites (tertiary alicyclic amines) is 1. The van der Waals surface area contributed by atoms with Gasteiger partial charge in [-0.15, -0.1) is 0 Å². The summed E-state index contributed by atoms with van der Waals surface area (Å²) >= 11 is 0. The first-order chi connectivity index (χ1) is 12.9. The van der Waals surface area contributed by atoms with Gasteiger partial charge in [-0.2, -0.15) is 18.2 Å². The molecule has 0 atom stereocenters. The Balaban J connectivity index is 1.56. The maximum absolute atomic E-state index is 12.2. The van der Waals surface area contributed by atoms with E-state index in [4.69, 9.17) is 4.74 Å². The first-order valence-corrected chi connectivity index (χ1v) is 9.12. The minimum Gasteiger partial charge on any atom is -0.454 e. The van der Waals surface area contributed by atoms with Gasteiger partial charge in [0.1, 0.15) is 5.60 Å². The predicted molar refractivity (Wildman–Crippen MR) is 95.4 cm³/mol. The van der Waals surface area contributed by atoms with Crippen LogP contribution in [-0.4, -0.2) is 65.5 Å². The van der Waals surface area contributed by atoms with E-state index in [1.807, 2.05) is 20.8 Å². The van der Waals surface area contributed by atoms with E-state index in [1.54, 1.807) is 11.8 Å². The fraction of sp³-hybridized carbons (Fsp3) is 0.722. The van der Waals surface area contributed by atoms with E-state index in [0.717, 1.165) is 25.2 Å². The van der Waals surface area contributed by atoms with Gasteiger partial charge in [0.2, 0.25) is 0 Å². The molecule has 0 saturated carbocycles. The summed E-state index contributed by atoms with van der Waals surface area (Å²) in [7, 11) is 0. The number of rotatable bonds is 3. The third kappa shape index (κ3) is 4.77. The molecule has 7 nitrogen and oxygen atoms in total. The highest BCUT2D eigenvalue weighted by Crippen LogP contribution is 2.42. The molecular weight excluding hydrogens is 377 g/mol. The van der Waals surface area contributed by atoms with Crippen LogP contribution in [0.1, 0.15) is 32.9 Å². The predicted octanol–water partition coefficient (Wildman–Crippen LogP) is 3.17. The second-order valence-electron chi connectivity index (χ2n) is 8.54. The van der Waals surface area contributed by atoms with Gasteiger partial charge in [-0.3, -0.25) is 0 Å². The van der Waals surface area contributed by atoms with Gasteiger partial charge in [0.05, 0.1) is 17.6 Å². The lowest BCUT2D eigenvalue weighted by atomic mass is 9.79. The fourth-order valence-electron chi connectivity index (χ4n) is 3.58. The lowest BCUT2D eigenvalue weighted by Crippen LogP contribution is -2.58. The molecule has 1 amide bonds. The summed E-state index contributed by atoms with van der Waals surface area (Å²) < 4.78 is 46.7. The van der Waals surface area contributed by atoms with Crippen molar-refractivity contribution >= 4 is 11.8 Å². The van der Waals surface area contributed by atoms with Gasteiger partial charge >= 0.3 is 18.3 Å². The molecule has 2 aliphatic rings. The van der Waals surface area contributed by atoms with E-state index in [1.165, 1.54) is 6.20 Å². The molecule has 2 saturated heterocycles. The summed E-state index contributed by atoms with van der Waals surface area (Å²) in [6, 6.07) is -0.286. The number of hydrogen-bond acceptors (Lipinski definition) is 6. The van der Waals surface area contributed by atoms with Crippen molar-refractivity contribution in [3.05, 3.63) is 11.9 Å². The third-order valence-electron chi connectivity index (χ3n) is 4.78. The van der Waals surface area contributed by atoms with Crippen LogP contribution in [0.4, 0.5) is 23.7 Å². The van der Waals surface area contributed by atoms with Crippen LogP contribution >= 0.6 is 0 Å². The molecule has 2 aliphatic heterocycles. The quantitative estimate of drug-likeness (QED) is 0.774. The number of aryl methyl sites for hydroxylation is 1. The van der Waals surface area contributed by atoms with Crippen LogP contribution < -0.4 is 9.64 Å². The van der Waals surface area contributed by atoms with Crippen molar-refractivity contribution in [3.8, 4) is 6.01 Å². The monoisotopic (exact) mass is 402 g/mol. The van der Waals surface area contributed by atoms with Gasteiger partial charge in [0.15, 0.2) is 6.61 Å². The Hall–Kier alpha value is -2.26. The summed E-state index contributed by atoms with van der Waals surface area (Å²) in [5, 5.41) is 0. The number of nitrogens with zero attached hydrogens (tertiary/aromatic N) is 4. The maximum Gasteiger partial charge on any atom is 0.422 e. The molecule has 0 aromatic carbocycles. The molecule has 0 aliphatic carbocycles. The molecule has 1 aromatic heterocycles. The Morgan fingerprint density at radius 3 is 2.50 bits per heavy atom. The van der Waals surface area contributed by atoms with Gasteiger partial charge < -0.3 is 19.3 Å². The van der Waals surface area contributed by atoms with E-state index in [-0.39, 0.29) is 17.5 Å². The standard InChI is InChI=1S/C18H25F3N4O3/c1-12-13(7-22-14(23-12)27-11-18(19,20)21)25-9-17(10-25)5-6-24(8-17)15(26)28-16(2,3)4/h7H,5-6,8-11H2,1-4H3. The van der Waals surface area contributed by atoms with Gasteiger partial charge in [-0.25, -0.2) is 9.78 Å². The molecule has 28 heavy (non-hydrogen) atoms. The van der Waals surface area contributed by atoms with E-state index in [2.05, 4.69) is 19.6 Å². The minimum atomic E-state index is -4.43. The first kappa shape index (κ1) is 20.5. The van der Waals surface area contributed by atoms with Gasteiger partial charge in [-0.1, -0.05) is 0 Å². The Labute approximate surface area is 161 Å². The van der Waals surface area contributed by atoms with Crippen LogP contribution in [0.2, 0.25) is 0 Å². The Bertz CT molecular complexity index is 743. The van der Waals surface area contributed by atoms with Crippen LogP contribution in [0.5, 0.6) is 6.01 Å². The molecule has 1 aromatic rings. The number of ether oxygens (including phenoxy) is 2. The molecule has 0 radical (unpaired) electrons. The SMILES string of the molecule is Cc1nc(OCC(F)(F)F)ncc1N1CC2(CCN(C(=O)OC(C)(C)C)C2)C1. The molecule has 0 bridgehead atoms. The van der Waals surface area contributed by atoms with Crippen LogP contribution in [0, 0.1) is 12.3 Å². The highest BCUT2D eigenvalue weighted by molar-refractivity contribution is 5.69. The highest BCUT2D eigenvalue weighted by Gasteiger charge is 2.49. The van der Waals surface area contributed by atoms with Crippen LogP contribution in [0.25, 0.3) is 0 Å². The summed E-state index contributed by atoms with van der Waals surface area (Å²) in [6.45, 7) is 8.57. The zero-order valence-electron chi connectivity index (χ0n) is 16.5. The number of hydrogen-bond donors (Lipinski definition) is 0. The second kappa shape index (κ2) is 6.97. The van der Waals surface area contributed by atoms with Crippen molar-refractivity contribution in [2.75, 3.05) is 37.7 Å². The molecule has 1 spiro atoms. The average Bonchev–Trinajstić information content (AvgIpc) is 2.95. The van der Waals surface area contributed by atoms with Crippen molar-refractivity contribution in [1.29, 1.82) is 0 Å². The summed E-state index contributed by atoms with van der Waals surface area (Å²) in [5.74, 6) is 0. The van der Waals surface area contributed by atoms with Gasteiger partial charge in [0, 0.05) is 31.6 Å². The number of aromatic nitrogens is 2. The molecule has 10 heteroatoms. The van der Waals surface area contributed by atoms with Crippen molar-refractivity contribution < 1.29 is 27.4 Å². The molecular formula is C18H25F3N4O3. The van der Waals surface area contributed by atoms with E-state index in [0.29, 0.717) is 18.8 Å². The van der Waals surface area contributed by atoms with Gasteiger partial charge in [-0.05, 0) is 34.1 Å². The topological polar surface area (TPSA) is 67.8 Å².